The molecule has 1 fully saturated rings. The minimum Gasteiger partial charge on any atom is -0.390 e. The predicted octanol–water partition coefficient (Wildman–Crippen LogP) is 2.74. The van der Waals surface area contributed by atoms with Crippen molar-refractivity contribution >= 4 is 0 Å². The van der Waals surface area contributed by atoms with Crippen molar-refractivity contribution in [3.05, 3.63) is 0 Å². The average Bonchev–Trinajstić information content (AvgIpc) is 2.60. The fraction of sp³-hybridized carbons (Fsp3) is 1.00. The van der Waals surface area contributed by atoms with Gasteiger partial charge in [-0.15, -0.1) is 0 Å². The molecule has 120 valence electrons. The first-order valence-corrected chi connectivity index (χ1v) is 8.15. The first-order valence-electron chi connectivity index (χ1n) is 8.15. The van der Waals surface area contributed by atoms with Gasteiger partial charge in [-0.25, -0.2) is 0 Å². The van der Waals surface area contributed by atoms with Crippen LogP contribution in [0.2, 0.25) is 0 Å². The molecule has 0 aromatic carbocycles. The Morgan fingerprint density at radius 1 is 1.10 bits per heavy atom. The van der Waals surface area contributed by atoms with Gasteiger partial charge in [-0.1, -0.05) is 52.4 Å². The van der Waals surface area contributed by atoms with Crippen molar-refractivity contribution in [3.8, 4) is 0 Å². The van der Waals surface area contributed by atoms with Crippen LogP contribution in [0.1, 0.15) is 78.6 Å². The van der Waals surface area contributed by atoms with Crippen LogP contribution in [0, 0.1) is 0 Å². The lowest BCUT2D eigenvalue weighted by atomic mass is 9.84. The van der Waals surface area contributed by atoms with Gasteiger partial charge >= 0.3 is 0 Å². The van der Waals surface area contributed by atoms with Crippen molar-refractivity contribution in [1.29, 1.82) is 0 Å². The summed E-state index contributed by atoms with van der Waals surface area (Å²) in [6.07, 6.45) is 6.09. The molecular weight excluding hydrogens is 256 g/mol. The molecule has 4 heteroatoms. The highest BCUT2D eigenvalue weighted by molar-refractivity contribution is 5.00. The molecule has 20 heavy (non-hydrogen) atoms. The average molecular weight is 288 g/mol. The first kappa shape index (κ1) is 17.9. The smallest absolute Gasteiger partial charge is 0.166 e. The summed E-state index contributed by atoms with van der Waals surface area (Å²) in [5.41, 5.74) is -1.11. The molecule has 4 atom stereocenters. The molecule has 0 aromatic heterocycles. The van der Waals surface area contributed by atoms with Gasteiger partial charge in [0.1, 0.15) is 6.10 Å². The van der Waals surface area contributed by atoms with Crippen LogP contribution in [0.15, 0.2) is 0 Å². The summed E-state index contributed by atoms with van der Waals surface area (Å²) in [5, 5.41) is 31.2. The van der Waals surface area contributed by atoms with Crippen LogP contribution in [0.3, 0.4) is 0 Å². The van der Waals surface area contributed by atoms with Crippen LogP contribution in [-0.2, 0) is 4.74 Å². The molecule has 1 aliphatic rings. The Hall–Kier alpha value is -0.160. The van der Waals surface area contributed by atoms with Gasteiger partial charge in [0.2, 0.25) is 0 Å². The molecule has 0 spiro atoms. The molecular formula is C16H32O4. The molecule has 4 nitrogen and oxygen atoms in total. The minimum atomic E-state index is -1.34. The van der Waals surface area contributed by atoms with E-state index in [-0.39, 0.29) is 6.42 Å². The number of rotatable bonds is 9. The molecule has 2 unspecified atom stereocenters. The topological polar surface area (TPSA) is 69.9 Å². The molecule has 0 radical (unpaired) electrons. The van der Waals surface area contributed by atoms with E-state index in [2.05, 4.69) is 13.8 Å². The van der Waals surface area contributed by atoms with Crippen molar-refractivity contribution in [2.45, 2.75) is 102 Å². The normalized spacial score (nSPS) is 35.4. The van der Waals surface area contributed by atoms with Crippen LogP contribution in [0.5, 0.6) is 0 Å². The van der Waals surface area contributed by atoms with Gasteiger partial charge in [0, 0.05) is 6.42 Å². The molecule has 3 N–H and O–H groups in total. The third-order valence-corrected chi connectivity index (χ3v) is 4.21. The SMILES string of the molecule is CCCCCC(O)[C@H]1OC(C)(O)C[C@@]1(O)CCCCC. The number of unbranched alkanes of at least 4 members (excludes halogenated alkanes) is 4. The monoisotopic (exact) mass is 288 g/mol. The summed E-state index contributed by atoms with van der Waals surface area (Å²) in [6.45, 7) is 5.79. The summed E-state index contributed by atoms with van der Waals surface area (Å²) in [4.78, 5) is 0. The summed E-state index contributed by atoms with van der Waals surface area (Å²) in [5.74, 6) is -1.34. The quantitative estimate of drug-likeness (QED) is 0.571. The van der Waals surface area contributed by atoms with Crippen molar-refractivity contribution in [2.75, 3.05) is 0 Å². The van der Waals surface area contributed by atoms with Gasteiger partial charge < -0.3 is 20.1 Å². The van der Waals surface area contributed by atoms with E-state index in [1.54, 1.807) is 6.92 Å². The van der Waals surface area contributed by atoms with Crippen molar-refractivity contribution in [1.82, 2.24) is 0 Å². The second-order valence-corrected chi connectivity index (χ2v) is 6.51. The molecule has 0 aliphatic carbocycles. The van der Waals surface area contributed by atoms with Crippen LogP contribution < -0.4 is 0 Å². The number of aliphatic hydroxyl groups excluding tert-OH is 1. The highest BCUT2D eigenvalue weighted by Gasteiger charge is 2.54. The van der Waals surface area contributed by atoms with Crippen molar-refractivity contribution < 1.29 is 20.1 Å². The van der Waals surface area contributed by atoms with E-state index in [4.69, 9.17) is 4.74 Å². The maximum atomic E-state index is 10.8. The lowest BCUT2D eigenvalue weighted by Gasteiger charge is -2.31. The number of hydrogen-bond acceptors (Lipinski definition) is 4. The Balaban J connectivity index is 2.63. The number of ether oxygens (including phenoxy) is 1. The van der Waals surface area contributed by atoms with Gasteiger partial charge in [0.05, 0.1) is 11.7 Å². The van der Waals surface area contributed by atoms with E-state index < -0.39 is 23.6 Å². The second kappa shape index (κ2) is 7.74. The molecule has 1 heterocycles. The number of hydrogen-bond donors (Lipinski definition) is 3. The zero-order valence-corrected chi connectivity index (χ0v) is 13.3. The first-order chi connectivity index (χ1) is 9.34. The summed E-state index contributed by atoms with van der Waals surface area (Å²) in [7, 11) is 0. The minimum absolute atomic E-state index is 0.180. The maximum Gasteiger partial charge on any atom is 0.166 e. The standard InChI is InChI=1S/C16H32O4/c1-4-6-8-10-13(17)14-16(19,11-9-7-5-2)12-15(3,18)20-14/h13-14,17-19H,4-12H2,1-3H3/t13?,14-,15?,16+/m1/s1. The van der Waals surface area contributed by atoms with E-state index in [0.717, 1.165) is 38.5 Å². The zero-order valence-electron chi connectivity index (χ0n) is 13.3. The van der Waals surface area contributed by atoms with Gasteiger partial charge in [-0.05, 0) is 19.8 Å². The summed E-state index contributed by atoms with van der Waals surface area (Å²) < 4.78 is 5.54. The second-order valence-electron chi connectivity index (χ2n) is 6.51. The third kappa shape index (κ3) is 4.99. The van der Waals surface area contributed by atoms with Gasteiger partial charge in [-0.3, -0.25) is 0 Å². The summed E-state index contributed by atoms with van der Waals surface area (Å²) >= 11 is 0. The fourth-order valence-corrected chi connectivity index (χ4v) is 3.20. The molecule has 0 saturated carbocycles. The molecule has 1 rings (SSSR count). The fourth-order valence-electron chi connectivity index (χ4n) is 3.20. The highest BCUT2D eigenvalue weighted by Crippen LogP contribution is 2.41. The van der Waals surface area contributed by atoms with Crippen LogP contribution in [0.4, 0.5) is 0 Å². The number of aliphatic hydroxyl groups is 3. The van der Waals surface area contributed by atoms with Crippen LogP contribution >= 0.6 is 0 Å². The molecule has 1 saturated heterocycles. The Bertz CT molecular complexity index is 280. The van der Waals surface area contributed by atoms with Crippen LogP contribution in [-0.4, -0.2) is 38.9 Å². The summed E-state index contributed by atoms with van der Waals surface area (Å²) in [6, 6.07) is 0. The predicted molar refractivity (Wildman–Crippen MR) is 79.4 cm³/mol. The highest BCUT2D eigenvalue weighted by atomic mass is 16.7. The molecule has 0 aromatic rings. The molecule has 0 amide bonds. The Morgan fingerprint density at radius 3 is 2.30 bits per heavy atom. The molecule has 0 bridgehead atoms. The van der Waals surface area contributed by atoms with Crippen molar-refractivity contribution in [3.63, 3.8) is 0 Å². The van der Waals surface area contributed by atoms with E-state index in [9.17, 15) is 15.3 Å². The van der Waals surface area contributed by atoms with Gasteiger partial charge in [0.15, 0.2) is 5.79 Å². The Morgan fingerprint density at radius 2 is 1.70 bits per heavy atom. The zero-order chi connectivity index (χ0) is 15.2. The van der Waals surface area contributed by atoms with Gasteiger partial charge in [0.25, 0.3) is 0 Å². The van der Waals surface area contributed by atoms with Crippen molar-refractivity contribution in [2.24, 2.45) is 0 Å². The van der Waals surface area contributed by atoms with Crippen LogP contribution in [0.25, 0.3) is 0 Å². The van der Waals surface area contributed by atoms with E-state index >= 15 is 0 Å². The Kier molecular flexibility index (Phi) is 6.92. The van der Waals surface area contributed by atoms with E-state index in [1.165, 1.54) is 0 Å². The third-order valence-electron chi connectivity index (χ3n) is 4.21. The maximum absolute atomic E-state index is 10.8. The lowest BCUT2D eigenvalue weighted by Crippen LogP contribution is -2.45. The van der Waals surface area contributed by atoms with E-state index in [0.29, 0.717) is 12.8 Å². The lowest BCUT2D eigenvalue weighted by molar-refractivity contribution is -0.203. The largest absolute Gasteiger partial charge is 0.390 e. The van der Waals surface area contributed by atoms with E-state index in [1.807, 2.05) is 0 Å². The molecule has 1 aliphatic heterocycles. The Labute approximate surface area is 123 Å². The van der Waals surface area contributed by atoms with Gasteiger partial charge in [-0.2, -0.15) is 0 Å².